The fourth-order valence-electron chi connectivity index (χ4n) is 5.98. The number of piperidine rings is 1. The third kappa shape index (κ3) is 7.39. The summed E-state index contributed by atoms with van der Waals surface area (Å²) in [6.07, 6.45) is 7.58. The van der Waals surface area contributed by atoms with Crippen molar-refractivity contribution in [3.8, 4) is 16.9 Å². The van der Waals surface area contributed by atoms with Gasteiger partial charge in [0.05, 0.1) is 6.61 Å². The number of amides is 1. The van der Waals surface area contributed by atoms with E-state index in [4.69, 9.17) is 19.6 Å². The molecular formula is C39H41N3O4. The maximum Gasteiger partial charge on any atom is 0.266 e. The van der Waals surface area contributed by atoms with Gasteiger partial charge in [0.15, 0.2) is 11.6 Å². The molecule has 2 aliphatic heterocycles. The average molecular weight is 616 g/mol. The smallest absolute Gasteiger partial charge is 0.266 e. The zero-order chi connectivity index (χ0) is 31.6. The number of benzene rings is 4. The summed E-state index contributed by atoms with van der Waals surface area (Å²) >= 11 is 0. The lowest BCUT2D eigenvalue weighted by Crippen LogP contribution is -2.55. The summed E-state index contributed by atoms with van der Waals surface area (Å²) in [6, 6.07) is 36.1. The van der Waals surface area contributed by atoms with Crippen LogP contribution in [-0.2, 0) is 9.53 Å². The van der Waals surface area contributed by atoms with Crippen molar-refractivity contribution >= 4 is 17.9 Å². The number of aliphatic imine (C=N–C) groups is 1. The summed E-state index contributed by atoms with van der Waals surface area (Å²) in [5, 5.41) is 11.1. The van der Waals surface area contributed by atoms with Crippen LogP contribution in [0.5, 0.6) is 5.75 Å². The maximum absolute atomic E-state index is 14.5. The van der Waals surface area contributed by atoms with E-state index in [1.165, 1.54) is 6.42 Å². The largest absolute Gasteiger partial charge is 0.494 e. The molecule has 1 amide bonds. The van der Waals surface area contributed by atoms with Crippen LogP contribution < -0.4 is 10.2 Å². The highest BCUT2D eigenvalue weighted by Gasteiger charge is 2.53. The minimum absolute atomic E-state index is 0.0801. The molecule has 0 saturated carbocycles. The van der Waals surface area contributed by atoms with Crippen molar-refractivity contribution in [2.24, 2.45) is 4.99 Å². The monoisotopic (exact) mass is 615 g/mol. The molecule has 236 valence electrons. The zero-order valence-electron chi connectivity index (χ0n) is 26.1. The molecule has 0 aromatic heterocycles. The summed E-state index contributed by atoms with van der Waals surface area (Å²) in [6.45, 7) is 2.14. The van der Waals surface area contributed by atoms with Crippen LogP contribution >= 0.6 is 0 Å². The molecule has 0 unspecified atom stereocenters. The third-order valence-electron chi connectivity index (χ3n) is 8.51. The van der Waals surface area contributed by atoms with Crippen molar-refractivity contribution in [1.29, 1.82) is 0 Å². The Morgan fingerprint density at radius 3 is 2.22 bits per heavy atom. The second-order valence-corrected chi connectivity index (χ2v) is 11.8. The standard InChI is InChI=1S/C39H41N3O4/c43-28-11-29-45-35-23-21-34(22-24-35)37-40-39(25-10-14-30-12-4-1-5-13-30,38(44)41-42-26-8-3-9-27-42)36(46-37)33-19-17-32(18-20-33)31-15-6-2-7-16-31/h1-2,4-7,10,12-24,36,43H,3,8-9,11,25-29H2,(H,41,44)/b14-10+/t36-,39-/m0/s1. The first-order chi connectivity index (χ1) is 22.6. The number of rotatable bonds is 12. The second kappa shape index (κ2) is 15.0. The SMILES string of the molecule is O=C(NN1CCCCC1)[C@@]1(C/C=C/c2ccccc2)N=C(c2ccc(OCCCO)cc2)O[C@H]1c1ccc(-c2ccccc2)cc1. The van der Waals surface area contributed by atoms with Gasteiger partial charge in [0, 0.05) is 38.1 Å². The van der Waals surface area contributed by atoms with Crippen LogP contribution in [0.4, 0.5) is 0 Å². The summed E-state index contributed by atoms with van der Waals surface area (Å²) in [7, 11) is 0. The molecule has 2 N–H and O–H groups in total. The number of carbonyl (C=O) groups excluding carboxylic acids is 1. The van der Waals surface area contributed by atoms with Gasteiger partial charge in [-0.2, -0.15) is 0 Å². The molecule has 7 heteroatoms. The van der Waals surface area contributed by atoms with E-state index in [1.807, 2.05) is 102 Å². The first kappa shape index (κ1) is 31.3. The predicted octanol–water partition coefficient (Wildman–Crippen LogP) is 6.99. The van der Waals surface area contributed by atoms with E-state index in [2.05, 4.69) is 29.7 Å². The molecule has 1 fully saturated rings. The van der Waals surface area contributed by atoms with E-state index in [-0.39, 0.29) is 12.5 Å². The molecule has 2 heterocycles. The van der Waals surface area contributed by atoms with Crippen molar-refractivity contribution in [1.82, 2.24) is 10.4 Å². The van der Waals surface area contributed by atoms with Crippen LogP contribution in [0, 0.1) is 0 Å². The fourth-order valence-corrected chi connectivity index (χ4v) is 5.98. The highest BCUT2D eigenvalue weighted by molar-refractivity contribution is 6.01. The average Bonchev–Trinajstić information content (AvgIpc) is 3.51. The fraction of sp³-hybridized carbons (Fsp3) is 0.282. The zero-order valence-corrected chi connectivity index (χ0v) is 26.1. The van der Waals surface area contributed by atoms with Crippen LogP contribution in [0.25, 0.3) is 17.2 Å². The lowest BCUT2D eigenvalue weighted by molar-refractivity contribution is -0.134. The van der Waals surface area contributed by atoms with Crippen molar-refractivity contribution < 1.29 is 19.4 Å². The number of aliphatic hydroxyl groups is 1. The molecule has 0 spiro atoms. The molecule has 0 radical (unpaired) electrons. The van der Waals surface area contributed by atoms with E-state index in [1.54, 1.807) is 0 Å². The summed E-state index contributed by atoms with van der Waals surface area (Å²) in [5.41, 5.74) is 6.89. The van der Waals surface area contributed by atoms with Gasteiger partial charge in [-0.3, -0.25) is 10.2 Å². The van der Waals surface area contributed by atoms with Gasteiger partial charge in [-0.15, -0.1) is 0 Å². The second-order valence-electron chi connectivity index (χ2n) is 11.8. The normalized spacial score (nSPS) is 19.8. The number of hydrogen-bond donors (Lipinski definition) is 2. The first-order valence-corrected chi connectivity index (χ1v) is 16.2. The van der Waals surface area contributed by atoms with Gasteiger partial charge < -0.3 is 14.6 Å². The Balaban J connectivity index is 1.37. The molecule has 6 rings (SSSR count). The molecule has 0 aliphatic carbocycles. The summed E-state index contributed by atoms with van der Waals surface area (Å²) in [5.74, 6) is 0.938. The third-order valence-corrected chi connectivity index (χ3v) is 8.51. The summed E-state index contributed by atoms with van der Waals surface area (Å²) < 4.78 is 12.5. The highest BCUT2D eigenvalue weighted by Crippen LogP contribution is 2.43. The highest BCUT2D eigenvalue weighted by atomic mass is 16.5. The Morgan fingerprint density at radius 2 is 1.52 bits per heavy atom. The molecule has 2 aliphatic rings. The molecule has 2 atom stereocenters. The van der Waals surface area contributed by atoms with Crippen molar-refractivity contribution in [3.05, 3.63) is 132 Å². The Bertz CT molecular complexity index is 1620. The minimum Gasteiger partial charge on any atom is -0.494 e. The van der Waals surface area contributed by atoms with E-state index in [0.29, 0.717) is 31.1 Å². The molecule has 7 nitrogen and oxygen atoms in total. The molecule has 46 heavy (non-hydrogen) atoms. The number of nitrogens with zero attached hydrogens (tertiary/aromatic N) is 2. The van der Waals surface area contributed by atoms with Crippen LogP contribution in [0.1, 0.15) is 54.9 Å². The minimum atomic E-state index is -1.25. The van der Waals surface area contributed by atoms with Gasteiger partial charge in [0.25, 0.3) is 5.91 Å². The van der Waals surface area contributed by atoms with Gasteiger partial charge >= 0.3 is 0 Å². The Kier molecular flexibility index (Phi) is 10.2. The van der Waals surface area contributed by atoms with E-state index < -0.39 is 11.6 Å². The van der Waals surface area contributed by atoms with Crippen LogP contribution in [0.3, 0.4) is 0 Å². The van der Waals surface area contributed by atoms with Gasteiger partial charge in [0.2, 0.25) is 5.90 Å². The first-order valence-electron chi connectivity index (χ1n) is 16.2. The number of aliphatic hydroxyl groups excluding tert-OH is 1. The molecular weight excluding hydrogens is 574 g/mol. The molecule has 4 aromatic carbocycles. The van der Waals surface area contributed by atoms with Crippen LogP contribution in [0.2, 0.25) is 0 Å². The molecule has 1 saturated heterocycles. The predicted molar refractivity (Wildman–Crippen MR) is 182 cm³/mol. The van der Waals surface area contributed by atoms with Gasteiger partial charge in [0.1, 0.15) is 5.75 Å². The van der Waals surface area contributed by atoms with Crippen molar-refractivity contribution in [2.75, 3.05) is 26.3 Å². The number of hydrazine groups is 1. The van der Waals surface area contributed by atoms with Gasteiger partial charge in [-0.1, -0.05) is 104 Å². The topological polar surface area (TPSA) is 83.4 Å². The van der Waals surface area contributed by atoms with E-state index in [9.17, 15) is 4.79 Å². The molecule has 0 bridgehead atoms. The number of ether oxygens (including phenoxy) is 2. The lowest BCUT2D eigenvalue weighted by Gasteiger charge is -2.34. The lowest BCUT2D eigenvalue weighted by atomic mass is 9.84. The quantitative estimate of drug-likeness (QED) is 0.168. The molecule has 4 aromatic rings. The van der Waals surface area contributed by atoms with Crippen molar-refractivity contribution in [3.63, 3.8) is 0 Å². The van der Waals surface area contributed by atoms with Gasteiger partial charge in [-0.05, 0) is 59.4 Å². The van der Waals surface area contributed by atoms with Gasteiger partial charge in [-0.25, -0.2) is 10.0 Å². The number of carbonyl (C=O) groups is 1. The van der Waals surface area contributed by atoms with E-state index >= 15 is 0 Å². The Labute approximate surface area is 271 Å². The van der Waals surface area contributed by atoms with Crippen LogP contribution in [-0.4, -0.2) is 53.8 Å². The van der Waals surface area contributed by atoms with E-state index in [0.717, 1.165) is 53.7 Å². The Hall–Kier alpha value is -4.72. The van der Waals surface area contributed by atoms with Crippen LogP contribution in [0.15, 0.2) is 120 Å². The number of hydrogen-bond acceptors (Lipinski definition) is 6. The van der Waals surface area contributed by atoms with Crippen molar-refractivity contribution in [2.45, 2.75) is 43.7 Å². The Morgan fingerprint density at radius 1 is 0.870 bits per heavy atom. The maximum atomic E-state index is 14.5. The number of nitrogens with one attached hydrogen (secondary N) is 1. The summed E-state index contributed by atoms with van der Waals surface area (Å²) in [4.78, 5) is 19.7.